The predicted octanol–water partition coefficient (Wildman–Crippen LogP) is 4.33. The topological polar surface area (TPSA) is 67.1 Å². The van der Waals surface area contributed by atoms with Crippen LogP contribution in [0.15, 0.2) is 48.8 Å². The van der Waals surface area contributed by atoms with Crippen molar-refractivity contribution < 1.29 is 0 Å². The highest BCUT2D eigenvalue weighted by atomic mass is 35.5. The van der Waals surface area contributed by atoms with E-state index in [4.69, 9.17) is 17.3 Å². The lowest BCUT2D eigenvalue weighted by atomic mass is 10.00. The number of hydrogen-bond donors (Lipinski definition) is 2. The number of nitrogens with zero attached hydrogens (tertiary/aromatic N) is 3. The van der Waals surface area contributed by atoms with Crippen LogP contribution in [0.25, 0.3) is 0 Å². The normalized spacial score (nSPS) is 13.4. The van der Waals surface area contributed by atoms with Crippen molar-refractivity contribution in [3.8, 4) is 0 Å². The van der Waals surface area contributed by atoms with E-state index >= 15 is 0 Å². The summed E-state index contributed by atoms with van der Waals surface area (Å²) >= 11 is 6.21. The summed E-state index contributed by atoms with van der Waals surface area (Å²) in [4.78, 5) is 10.9. The number of nitrogens with one attached hydrogen (secondary N) is 1. The number of fused-ring (bicyclic) bond motifs is 1. The number of halogens is 1. The number of nitrogens with two attached hydrogens (primary N) is 1. The summed E-state index contributed by atoms with van der Waals surface area (Å²) in [6, 6.07) is 14.3. The lowest BCUT2D eigenvalue weighted by molar-refractivity contribution is 0.721. The molecular formula is C20H20ClN5. The summed E-state index contributed by atoms with van der Waals surface area (Å²) in [6.45, 7) is 3.65. The minimum Gasteiger partial charge on any atom is -0.393 e. The van der Waals surface area contributed by atoms with Gasteiger partial charge in [-0.25, -0.2) is 9.97 Å². The molecule has 0 atom stereocenters. The third-order valence-electron chi connectivity index (χ3n) is 4.73. The Balaban J connectivity index is 1.61. The van der Waals surface area contributed by atoms with E-state index in [0.29, 0.717) is 16.5 Å². The smallest absolute Gasteiger partial charge is 0.159 e. The van der Waals surface area contributed by atoms with Crippen LogP contribution in [0.4, 0.5) is 23.0 Å². The van der Waals surface area contributed by atoms with Gasteiger partial charge in [0.25, 0.3) is 0 Å². The molecule has 26 heavy (non-hydrogen) atoms. The highest BCUT2D eigenvalue weighted by molar-refractivity contribution is 6.31. The number of nitrogen functional groups attached to an aromatic ring is 1. The lowest BCUT2D eigenvalue weighted by Crippen LogP contribution is -2.31. The molecule has 2 heterocycles. The van der Waals surface area contributed by atoms with Crippen molar-refractivity contribution in [2.45, 2.75) is 19.9 Å². The van der Waals surface area contributed by atoms with Gasteiger partial charge in [-0.05, 0) is 42.2 Å². The highest BCUT2D eigenvalue weighted by Gasteiger charge is 2.20. The van der Waals surface area contributed by atoms with E-state index in [1.54, 1.807) is 6.33 Å². The third kappa shape index (κ3) is 3.18. The van der Waals surface area contributed by atoms with Gasteiger partial charge in [-0.15, -0.1) is 0 Å². The third-order valence-corrected chi connectivity index (χ3v) is 5.13. The van der Waals surface area contributed by atoms with Gasteiger partial charge < -0.3 is 16.0 Å². The van der Waals surface area contributed by atoms with Crippen molar-refractivity contribution in [1.82, 2.24) is 9.97 Å². The summed E-state index contributed by atoms with van der Waals surface area (Å²) in [5.41, 5.74) is 11.5. The van der Waals surface area contributed by atoms with E-state index in [9.17, 15) is 0 Å². The second-order valence-electron chi connectivity index (χ2n) is 6.49. The molecule has 0 saturated heterocycles. The van der Waals surface area contributed by atoms with Crippen LogP contribution < -0.4 is 16.0 Å². The largest absolute Gasteiger partial charge is 0.393 e. The Bertz CT molecular complexity index is 957. The first-order valence-electron chi connectivity index (χ1n) is 8.57. The second-order valence-corrected chi connectivity index (χ2v) is 6.90. The Morgan fingerprint density at radius 3 is 2.73 bits per heavy atom. The zero-order chi connectivity index (χ0) is 18.1. The Kier molecular flexibility index (Phi) is 4.39. The fourth-order valence-corrected chi connectivity index (χ4v) is 3.40. The van der Waals surface area contributed by atoms with E-state index in [0.717, 1.165) is 36.6 Å². The van der Waals surface area contributed by atoms with Gasteiger partial charge in [-0.3, -0.25) is 0 Å². The number of aromatic nitrogens is 2. The van der Waals surface area contributed by atoms with E-state index in [1.165, 1.54) is 11.1 Å². The molecule has 0 unspecified atom stereocenters. The van der Waals surface area contributed by atoms with Crippen molar-refractivity contribution in [2.24, 2.45) is 0 Å². The number of benzene rings is 2. The number of anilines is 4. The standard InChI is InChI=1S/C20H20ClN5/c1-13-6-7-16(10-17(13)21)25-19-18(22)20(24-12-23-19)26-9-8-14-4-2-3-5-15(14)11-26/h2-7,10,12H,8-9,11,22H2,1H3,(H,23,24,25). The van der Waals surface area contributed by atoms with Gasteiger partial charge in [0.2, 0.25) is 0 Å². The molecule has 4 rings (SSSR count). The molecule has 3 aromatic rings. The van der Waals surface area contributed by atoms with Crippen molar-refractivity contribution in [3.63, 3.8) is 0 Å². The molecular weight excluding hydrogens is 346 g/mol. The van der Waals surface area contributed by atoms with Crippen LogP contribution >= 0.6 is 11.6 Å². The van der Waals surface area contributed by atoms with Crippen LogP contribution in [-0.4, -0.2) is 16.5 Å². The van der Waals surface area contributed by atoms with Crippen LogP contribution in [0.5, 0.6) is 0 Å². The van der Waals surface area contributed by atoms with Crippen molar-refractivity contribution in [2.75, 3.05) is 22.5 Å². The summed E-state index contributed by atoms with van der Waals surface area (Å²) in [6.07, 6.45) is 2.53. The van der Waals surface area contributed by atoms with Gasteiger partial charge in [0, 0.05) is 23.8 Å². The number of hydrogen-bond acceptors (Lipinski definition) is 5. The van der Waals surface area contributed by atoms with E-state index in [2.05, 4.69) is 44.5 Å². The highest BCUT2D eigenvalue weighted by Crippen LogP contribution is 2.32. The molecule has 0 spiro atoms. The summed E-state index contributed by atoms with van der Waals surface area (Å²) < 4.78 is 0. The van der Waals surface area contributed by atoms with E-state index < -0.39 is 0 Å². The molecule has 2 aromatic carbocycles. The quantitative estimate of drug-likeness (QED) is 0.723. The molecule has 1 aliphatic heterocycles. The minimum atomic E-state index is 0.545. The fraction of sp³-hybridized carbons (Fsp3) is 0.200. The first-order valence-corrected chi connectivity index (χ1v) is 8.95. The maximum absolute atomic E-state index is 6.39. The minimum absolute atomic E-state index is 0.545. The van der Waals surface area contributed by atoms with Crippen LogP contribution in [-0.2, 0) is 13.0 Å². The molecule has 5 nitrogen and oxygen atoms in total. The average molecular weight is 366 g/mol. The van der Waals surface area contributed by atoms with Crippen LogP contribution in [0, 0.1) is 6.92 Å². The van der Waals surface area contributed by atoms with Crippen LogP contribution in [0.2, 0.25) is 5.02 Å². The van der Waals surface area contributed by atoms with Gasteiger partial charge >= 0.3 is 0 Å². The summed E-state index contributed by atoms with van der Waals surface area (Å²) in [5.74, 6) is 1.35. The first-order chi connectivity index (χ1) is 12.6. The molecule has 0 bridgehead atoms. The molecule has 0 aliphatic carbocycles. The Morgan fingerprint density at radius 2 is 1.92 bits per heavy atom. The zero-order valence-electron chi connectivity index (χ0n) is 14.5. The van der Waals surface area contributed by atoms with Crippen molar-refractivity contribution in [3.05, 3.63) is 70.5 Å². The van der Waals surface area contributed by atoms with Gasteiger partial charge in [0.15, 0.2) is 11.6 Å². The maximum atomic E-state index is 6.39. The Morgan fingerprint density at radius 1 is 1.12 bits per heavy atom. The van der Waals surface area contributed by atoms with E-state index in [-0.39, 0.29) is 0 Å². The first kappa shape index (κ1) is 16.7. The van der Waals surface area contributed by atoms with Gasteiger partial charge in [-0.2, -0.15) is 0 Å². The Labute approximate surface area is 157 Å². The van der Waals surface area contributed by atoms with Crippen molar-refractivity contribution >= 4 is 34.6 Å². The molecule has 1 aliphatic rings. The number of aryl methyl sites for hydroxylation is 1. The lowest BCUT2D eigenvalue weighted by Gasteiger charge is -2.30. The Hall–Kier alpha value is -2.79. The van der Waals surface area contributed by atoms with Gasteiger partial charge in [0.05, 0.1) is 0 Å². The molecule has 0 amide bonds. The van der Waals surface area contributed by atoms with Crippen LogP contribution in [0.1, 0.15) is 16.7 Å². The molecule has 1 aromatic heterocycles. The number of rotatable bonds is 3. The van der Waals surface area contributed by atoms with Gasteiger partial charge in [0.1, 0.15) is 12.0 Å². The van der Waals surface area contributed by atoms with Gasteiger partial charge in [-0.1, -0.05) is 41.9 Å². The molecule has 0 fully saturated rings. The molecule has 0 radical (unpaired) electrons. The van der Waals surface area contributed by atoms with E-state index in [1.807, 2.05) is 25.1 Å². The molecule has 132 valence electrons. The van der Waals surface area contributed by atoms with Crippen LogP contribution in [0.3, 0.4) is 0 Å². The average Bonchev–Trinajstić information content (AvgIpc) is 2.66. The summed E-state index contributed by atoms with van der Waals surface area (Å²) in [7, 11) is 0. The fourth-order valence-electron chi connectivity index (χ4n) is 3.22. The molecule has 6 heteroatoms. The maximum Gasteiger partial charge on any atom is 0.159 e. The monoisotopic (exact) mass is 365 g/mol. The molecule has 0 saturated carbocycles. The molecule has 3 N–H and O–H groups in total. The predicted molar refractivity (Wildman–Crippen MR) is 107 cm³/mol. The second kappa shape index (κ2) is 6.84. The van der Waals surface area contributed by atoms with Crippen molar-refractivity contribution in [1.29, 1.82) is 0 Å². The zero-order valence-corrected chi connectivity index (χ0v) is 15.3. The SMILES string of the molecule is Cc1ccc(Nc2ncnc(N3CCc4ccccc4C3)c2N)cc1Cl. The summed E-state index contributed by atoms with van der Waals surface area (Å²) in [5, 5.41) is 3.96.